The average Bonchev–Trinajstić information content (AvgIpc) is 3.04. The second-order valence-electron chi connectivity index (χ2n) is 7.03. The van der Waals surface area contributed by atoms with E-state index < -0.39 is 29.6 Å². The van der Waals surface area contributed by atoms with E-state index in [0.717, 1.165) is 17.7 Å². The molecule has 1 fully saturated rings. The van der Waals surface area contributed by atoms with Crippen molar-refractivity contribution in [3.63, 3.8) is 0 Å². The second-order valence-corrected chi connectivity index (χ2v) is 7.03. The summed E-state index contributed by atoms with van der Waals surface area (Å²) in [4.78, 5) is 34.1. The van der Waals surface area contributed by atoms with E-state index in [9.17, 15) is 19.5 Å². The van der Waals surface area contributed by atoms with E-state index in [0.29, 0.717) is 12.0 Å². The molecule has 2 aromatic rings. The number of nitrogens with zero attached hydrogens (tertiary/aromatic N) is 1. The zero-order valence-corrected chi connectivity index (χ0v) is 17.2. The normalized spacial score (nSPS) is 18.1. The highest BCUT2D eigenvalue weighted by molar-refractivity contribution is 6.07. The Balaban J connectivity index is 0.000000501. The molecule has 2 aromatic carbocycles. The van der Waals surface area contributed by atoms with Crippen molar-refractivity contribution in [3.8, 4) is 17.2 Å². The smallest absolute Gasteiger partial charge is 0.335 e. The zero-order chi connectivity index (χ0) is 23.0. The van der Waals surface area contributed by atoms with Crippen molar-refractivity contribution in [3.05, 3.63) is 59.7 Å². The lowest BCUT2D eigenvalue weighted by Crippen LogP contribution is -2.49. The van der Waals surface area contributed by atoms with E-state index in [1.165, 1.54) is 19.1 Å². The van der Waals surface area contributed by atoms with E-state index in [1.807, 2.05) is 13.1 Å². The minimum atomic E-state index is -1.43. The van der Waals surface area contributed by atoms with Gasteiger partial charge in [0.05, 0.1) is 11.6 Å². The maximum absolute atomic E-state index is 11.9. The number of urea groups is 1. The average molecular weight is 424 g/mol. The molecule has 2 unspecified atom stereocenters. The molecule has 3 rings (SSSR count). The number of imide groups is 1. The van der Waals surface area contributed by atoms with Gasteiger partial charge in [-0.05, 0) is 42.8 Å². The van der Waals surface area contributed by atoms with Gasteiger partial charge in [0.2, 0.25) is 0 Å². The Hall–Kier alpha value is -3.74. The SMILES string of the molecule is CC1(C(O)c2ccc(-c3ccc(C(=O)O)cc3)cc2)NC(=O)NC1=O.CNCCC#N. The van der Waals surface area contributed by atoms with Gasteiger partial charge < -0.3 is 20.8 Å². The maximum atomic E-state index is 11.9. The van der Waals surface area contributed by atoms with Gasteiger partial charge in [0.15, 0.2) is 0 Å². The topological polar surface area (TPSA) is 152 Å². The van der Waals surface area contributed by atoms with Gasteiger partial charge in [-0.3, -0.25) is 10.1 Å². The largest absolute Gasteiger partial charge is 0.478 e. The van der Waals surface area contributed by atoms with Crippen LogP contribution < -0.4 is 16.0 Å². The minimum Gasteiger partial charge on any atom is -0.478 e. The molecular weight excluding hydrogens is 400 g/mol. The standard InChI is InChI=1S/C18H16N2O5.C4H8N2/c1-18(16(24)19-17(25)20-18)14(21)12-6-2-10(3-7-12)11-4-8-13(9-5-11)15(22)23;1-6-4-2-3-5/h2-9,14,21H,1H3,(H,22,23)(H2,19,20,24,25);6H,2,4H2,1H3. The molecule has 0 aliphatic carbocycles. The molecular formula is C22H24N4O5. The van der Waals surface area contributed by atoms with E-state index in [1.54, 1.807) is 36.4 Å². The van der Waals surface area contributed by atoms with Crippen LogP contribution in [0.15, 0.2) is 48.5 Å². The predicted octanol–water partition coefficient (Wildman–Crippen LogP) is 1.80. The summed E-state index contributed by atoms with van der Waals surface area (Å²) in [7, 11) is 1.83. The number of aromatic carboxylic acids is 1. The van der Waals surface area contributed by atoms with Crippen LogP contribution in [0.4, 0.5) is 4.79 Å². The summed E-state index contributed by atoms with van der Waals surface area (Å²) < 4.78 is 0. The van der Waals surface area contributed by atoms with Crippen LogP contribution in [0.25, 0.3) is 11.1 Å². The van der Waals surface area contributed by atoms with E-state index in [2.05, 4.69) is 16.0 Å². The molecule has 0 saturated carbocycles. The molecule has 1 heterocycles. The first kappa shape index (κ1) is 23.5. The molecule has 9 nitrogen and oxygen atoms in total. The Bertz CT molecular complexity index is 982. The molecule has 5 N–H and O–H groups in total. The number of aliphatic hydroxyl groups excluding tert-OH is 1. The quantitative estimate of drug-likeness (QED) is 0.350. The van der Waals surface area contributed by atoms with Crippen molar-refractivity contribution < 1.29 is 24.6 Å². The number of amides is 3. The molecule has 9 heteroatoms. The summed E-state index contributed by atoms with van der Waals surface area (Å²) in [5.74, 6) is -1.58. The number of hydrogen-bond acceptors (Lipinski definition) is 6. The van der Waals surface area contributed by atoms with Crippen molar-refractivity contribution in [1.82, 2.24) is 16.0 Å². The Morgan fingerprint density at radius 1 is 1.13 bits per heavy atom. The van der Waals surface area contributed by atoms with E-state index in [-0.39, 0.29) is 5.56 Å². The molecule has 1 saturated heterocycles. The van der Waals surface area contributed by atoms with Crippen molar-refractivity contribution in [2.24, 2.45) is 0 Å². The fraction of sp³-hybridized carbons (Fsp3) is 0.273. The second kappa shape index (κ2) is 10.3. The fourth-order valence-electron chi connectivity index (χ4n) is 2.93. The molecule has 1 aliphatic heterocycles. The van der Waals surface area contributed by atoms with Crippen molar-refractivity contribution in [2.45, 2.75) is 25.0 Å². The van der Waals surface area contributed by atoms with Gasteiger partial charge in [0.1, 0.15) is 11.6 Å². The number of aliphatic hydroxyl groups is 1. The molecule has 0 spiro atoms. The van der Waals surface area contributed by atoms with Crippen LogP contribution in [0.3, 0.4) is 0 Å². The summed E-state index contributed by atoms with van der Waals surface area (Å²) in [6, 6.07) is 14.6. The first-order chi connectivity index (χ1) is 14.7. The molecule has 0 radical (unpaired) electrons. The maximum Gasteiger partial charge on any atom is 0.335 e. The number of rotatable bonds is 6. The van der Waals surface area contributed by atoms with Gasteiger partial charge in [-0.25, -0.2) is 9.59 Å². The highest BCUT2D eigenvalue weighted by atomic mass is 16.4. The number of hydrogen-bond donors (Lipinski definition) is 5. The van der Waals surface area contributed by atoms with Gasteiger partial charge >= 0.3 is 12.0 Å². The zero-order valence-electron chi connectivity index (χ0n) is 17.2. The van der Waals surface area contributed by atoms with Crippen LogP contribution in [0.2, 0.25) is 0 Å². The molecule has 162 valence electrons. The van der Waals surface area contributed by atoms with Crippen LogP contribution in [0.1, 0.15) is 35.4 Å². The molecule has 31 heavy (non-hydrogen) atoms. The first-order valence-corrected chi connectivity index (χ1v) is 9.49. The third-order valence-corrected chi connectivity index (χ3v) is 4.80. The van der Waals surface area contributed by atoms with Gasteiger partial charge in [0, 0.05) is 13.0 Å². The van der Waals surface area contributed by atoms with Crippen LogP contribution in [-0.2, 0) is 4.79 Å². The van der Waals surface area contributed by atoms with Gasteiger partial charge in [0.25, 0.3) is 5.91 Å². The monoisotopic (exact) mass is 424 g/mol. The lowest BCUT2D eigenvalue weighted by Gasteiger charge is -2.27. The highest BCUT2D eigenvalue weighted by Gasteiger charge is 2.48. The fourth-order valence-corrected chi connectivity index (χ4v) is 2.93. The van der Waals surface area contributed by atoms with Crippen LogP contribution in [-0.4, -0.2) is 47.3 Å². The molecule has 0 aromatic heterocycles. The van der Waals surface area contributed by atoms with Gasteiger partial charge in [-0.15, -0.1) is 0 Å². The van der Waals surface area contributed by atoms with E-state index in [4.69, 9.17) is 10.4 Å². The number of benzene rings is 2. The highest BCUT2D eigenvalue weighted by Crippen LogP contribution is 2.30. The predicted molar refractivity (Wildman–Crippen MR) is 113 cm³/mol. The van der Waals surface area contributed by atoms with Crippen LogP contribution in [0.5, 0.6) is 0 Å². The van der Waals surface area contributed by atoms with Crippen molar-refractivity contribution in [2.75, 3.05) is 13.6 Å². The van der Waals surface area contributed by atoms with Crippen LogP contribution >= 0.6 is 0 Å². The number of carbonyl (C=O) groups excluding carboxylic acids is 2. The summed E-state index contributed by atoms with van der Waals surface area (Å²) in [6.07, 6.45) is -0.598. The third kappa shape index (κ3) is 5.66. The Morgan fingerprint density at radius 2 is 1.68 bits per heavy atom. The Morgan fingerprint density at radius 3 is 2.06 bits per heavy atom. The molecule has 3 amide bonds. The number of carbonyl (C=O) groups is 3. The number of carboxylic acid groups (broad SMARTS) is 1. The van der Waals surface area contributed by atoms with Crippen molar-refractivity contribution >= 4 is 17.9 Å². The number of nitrogens with one attached hydrogen (secondary N) is 3. The van der Waals surface area contributed by atoms with Crippen LogP contribution in [0, 0.1) is 11.3 Å². The molecule has 1 aliphatic rings. The lowest BCUT2D eigenvalue weighted by atomic mass is 9.89. The summed E-state index contributed by atoms with van der Waals surface area (Å²) in [5, 5.41) is 34.7. The molecule has 2 atom stereocenters. The van der Waals surface area contributed by atoms with E-state index >= 15 is 0 Å². The van der Waals surface area contributed by atoms with Gasteiger partial charge in [-0.2, -0.15) is 5.26 Å². The number of carboxylic acids is 1. The Kier molecular flexibility index (Phi) is 7.85. The summed E-state index contributed by atoms with van der Waals surface area (Å²) >= 11 is 0. The summed E-state index contributed by atoms with van der Waals surface area (Å²) in [5.41, 5.74) is 0.904. The molecule has 0 bridgehead atoms. The lowest BCUT2D eigenvalue weighted by molar-refractivity contribution is -0.127. The summed E-state index contributed by atoms with van der Waals surface area (Å²) in [6.45, 7) is 2.26. The first-order valence-electron chi connectivity index (χ1n) is 9.49. The third-order valence-electron chi connectivity index (χ3n) is 4.80. The Labute approximate surface area is 179 Å². The minimum absolute atomic E-state index is 0.201. The number of nitriles is 1. The van der Waals surface area contributed by atoms with Gasteiger partial charge in [-0.1, -0.05) is 36.4 Å². The van der Waals surface area contributed by atoms with Crippen molar-refractivity contribution in [1.29, 1.82) is 5.26 Å².